The Labute approximate surface area is 204 Å². The highest BCUT2D eigenvalue weighted by atomic mass is 19.1. The lowest BCUT2D eigenvalue weighted by molar-refractivity contribution is -0.139. The molecule has 0 saturated carbocycles. The van der Waals surface area contributed by atoms with Crippen LogP contribution < -0.4 is 11.1 Å². The summed E-state index contributed by atoms with van der Waals surface area (Å²) in [5.41, 5.74) is 7.14. The van der Waals surface area contributed by atoms with Gasteiger partial charge in [0.2, 0.25) is 11.8 Å². The van der Waals surface area contributed by atoms with Gasteiger partial charge in [0.05, 0.1) is 12.1 Å². The Morgan fingerprint density at radius 2 is 1.74 bits per heavy atom. The molecule has 3 unspecified atom stereocenters. The van der Waals surface area contributed by atoms with Gasteiger partial charge in [0.15, 0.2) is 0 Å². The first-order valence-corrected chi connectivity index (χ1v) is 11.9. The van der Waals surface area contributed by atoms with Gasteiger partial charge in [-0.3, -0.25) is 14.5 Å². The summed E-state index contributed by atoms with van der Waals surface area (Å²) < 4.78 is 41.2. The summed E-state index contributed by atoms with van der Waals surface area (Å²) in [6.07, 6.45) is 1.83. The molecule has 3 rings (SSSR count). The zero-order valence-electron chi connectivity index (χ0n) is 20.1. The second-order valence-electron chi connectivity index (χ2n) is 8.98. The Morgan fingerprint density at radius 3 is 2.40 bits per heavy atom. The average Bonchev–Trinajstić information content (AvgIpc) is 2.85. The van der Waals surface area contributed by atoms with Crippen molar-refractivity contribution in [2.75, 3.05) is 26.7 Å². The van der Waals surface area contributed by atoms with Crippen molar-refractivity contribution in [2.45, 2.75) is 50.7 Å². The number of piperazine rings is 1. The minimum absolute atomic E-state index is 0.0140. The van der Waals surface area contributed by atoms with Gasteiger partial charge in [-0.05, 0) is 60.7 Å². The summed E-state index contributed by atoms with van der Waals surface area (Å²) in [5.74, 6) is -1.97. The number of carbonyl (C=O) groups excluding carboxylic acids is 2. The fourth-order valence-electron chi connectivity index (χ4n) is 4.67. The van der Waals surface area contributed by atoms with Crippen molar-refractivity contribution in [3.8, 4) is 0 Å². The van der Waals surface area contributed by atoms with Crippen LogP contribution in [0.1, 0.15) is 30.9 Å². The molecule has 0 aromatic heterocycles. The van der Waals surface area contributed by atoms with Gasteiger partial charge in [-0.1, -0.05) is 25.5 Å². The molecule has 6 nitrogen and oxygen atoms in total. The van der Waals surface area contributed by atoms with Crippen molar-refractivity contribution < 1.29 is 22.8 Å². The Kier molecular flexibility index (Phi) is 9.28. The van der Waals surface area contributed by atoms with E-state index in [4.69, 9.17) is 5.73 Å². The summed E-state index contributed by atoms with van der Waals surface area (Å²) >= 11 is 0. The monoisotopic (exact) mass is 490 g/mol. The van der Waals surface area contributed by atoms with Crippen LogP contribution >= 0.6 is 0 Å². The van der Waals surface area contributed by atoms with Gasteiger partial charge in [-0.25, -0.2) is 13.2 Å². The fourth-order valence-corrected chi connectivity index (χ4v) is 4.67. The van der Waals surface area contributed by atoms with E-state index in [2.05, 4.69) is 5.32 Å². The van der Waals surface area contributed by atoms with E-state index in [0.717, 1.165) is 30.2 Å². The van der Waals surface area contributed by atoms with Gasteiger partial charge < -0.3 is 16.0 Å². The number of nitrogens with one attached hydrogen (secondary N) is 1. The lowest BCUT2D eigenvalue weighted by atomic mass is 9.98. The standard InChI is InChI=1S/C26H33F3N4O2/c1-3-4-21-16-32(24(25(34)31-2)15-18-14-20(28)9-10-22(18)29)11-12-33(21)26(35)23(30)13-17-5-7-19(27)8-6-17/h5-10,14,21,23-24H,3-4,11-13,15-16,30H2,1-2H3,(H,31,34). The first-order valence-electron chi connectivity index (χ1n) is 11.9. The number of nitrogens with two attached hydrogens (primary N) is 1. The number of hydrogen-bond donors (Lipinski definition) is 2. The molecule has 2 aromatic rings. The number of rotatable bonds is 9. The molecule has 0 radical (unpaired) electrons. The van der Waals surface area contributed by atoms with Gasteiger partial charge in [0, 0.05) is 32.7 Å². The van der Waals surface area contributed by atoms with E-state index in [1.54, 1.807) is 17.0 Å². The second-order valence-corrected chi connectivity index (χ2v) is 8.98. The van der Waals surface area contributed by atoms with Crippen LogP contribution in [-0.4, -0.2) is 66.4 Å². The molecule has 2 aromatic carbocycles. The lowest BCUT2D eigenvalue weighted by Gasteiger charge is -2.44. The van der Waals surface area contributed by atoms with E-state index in [-0.39, 0.29) is 42.1 Å². The van der Waals surface area contributed by atoms with E-state index in [9.17, 15) is 22.8 Å². The highest BCUT2D eigenvalue weighted by Gasteiger charge is 2.37. The minimum atomic E-state index is -0.775. The third-order valence-corrected chi connectivity index (χ3v) is 6.52. The molecule has 0 bridgehead atoms. The zero-order valence-corrected chi connectivity index (χ0v) is 20.1. The van der Waals surface area contributed by atoms with Crippen molar-refractivity contribution in [3.63, 3.8) is 0 Å². The van der Waals surface area contributed by atoms with Crippen LogP contribution in [-0.2, 0) is 22.4 Å². The molecule has 1 fully saturated rings. The molecule has 3 N–H and O–H groups in total. The van der Waals surface area contributed by atoms with E-state index < -0.39 is 23.7 Å². The van der Waals surface area contributed by atoms with Crippen molar-refractivity contribution in [3.05, 3.63) is 71.0 Å². The SMILES string of the molecule is CCCC1CN(C(Cc2cc(F)ccc2F)C(=O)NC)CCN1C(=O)C(N)Cc1ccc(F)cc1. The average molecular weight is 491 g/mol. The van der Waals surface area contributed by atoms with E-state index in [1.807, 2.05) is 11.8 Å². The maximum Gasteiger partial charge on any atom is 0.240 e. The summed E-state index contributed by atoms with van der Waals surface area (Å²) in [4.78, 5) is 29.7. The summed E-state index contributed by atoms with van der Waals surface area (Å²) in [5, 5.41) is 2.62. The molecule has 2 amide bonds. The molecule has 0 spiro atoms. The molecule has 3 atom stereocenters. The minimum Gasteiger partial charge on any atom is -0.358 e. The molecule has 1 saturated heterocycles. The molecule has 0 aliphatic carbocycles. The van der Waals surface area contributed by atoms with E-state index in [0.29, 0.717) is 26.1 Å². The van der Waals surface area contributed by atoms with Crippen LogP contribution in [0.25, 0.3) is 0 Å². The molecule has 35 heavy (non-hydrogen) atoms. The first kappa shape index (κ1) is 26.7. The third-order valence-electron chi connectivity index (χ3n) is 6.52. The summed E-state index contributed by atoms with van der Waals surface area (Å²) in [7, 11) is 1.51. The van der Waals surface area contributed by atoms with Gasteiger partial charge >= 0.3 is 0 Å². The quantitative estimate of drug-likeness (QED) is 0.567. The maximum absolute atomic E-state index is 14.3. The van der Waals surface area contributed by atoms with Crippen LogP contribution in [0.4, 0.5) is 13.2 Å². The fraction of sp³-hybridized carbons (Fsp3) is 0.462. The summed E-state index contributed by atoms with van der Waals surface area (Å²) in [6, 6.07) is 7.47. The number of halogens is 3. The number of hydrogen-bond acceptors (Lipinski definition) is 4. The van der Waals surface area contributed by atoms with Gasteiger partial charge in [-0.15, -0.1) is 0 Å². The smallest absolute Gasteiger partial charge is 0.240 e. The maximum atomic E-state index is 14.3. The largest absolute Gasteiger partial charge is 0.358 e. The normalized spacial score (nSPS) is 18.2. The zero-order chi connectivity index (χ0) is 25.5. The number of nitrogens with zero attached hydrogens (tertiary/aromatic N) is 2. The lowest BCUT2D eigenvalue weighted by Crippen LogP contribution is -2.62. The number of likely N-dealkylation sites (N-methyl/N-ethyl adjacent to an activating group) is 1. The predicted octanol–water partition coefficient (Wildman–Crippen LogP) is 2.64. The summed E-state index contributed by atoms with van der Waals surface area (Å²) in [6.45, 7) is 3.18. The highest BCUT2D eigenvalue weighted by Crippen LogP contribution is 2.22. The van der Waals surface area contributed by atoms with Crippen molar-refractivity contribution >= 4 is 11.8 Å². The Morgan fingerprint density at radius 1 is 1.06 bits per heavy atom. The van der Waals surface area contributed by atoms with Gasteiger partial charge in [-0.2, -0.15) is 0 Å². The highest BCUT2D eigenvalue weighted by molar-refractivity contribution is 5.83. The molecule has 190 valence electrons. The molecule has 9 heteroatoms. The van der Waals surface area contributed by atoms with Crippen LogP contribution in [0.3, 0.4) is 0 Å². The predicted molar refractivity (Wildman–Crippen MR) is 128 cm³/mol. The van der Waals surface area contributed by atoms with Gasteiger partial charge in [0.1, 0.15) is 17.5 Å². The van der Waals surface area contributed by atoms with Gasteiger partial charge in [0.25, 0.3) is 0 Å². The first-order chi connectivity index (χ1) is 16.7. The number of carbonyl (C=O) groups is 2. The topological polar surface area (TPSA) is 78.7 Å². The molecular weight excluding hydrogens is 457 g/mol. The van der Waals surface area contributed by atoms with Crippen molar-refractivity contribution in [1.82, 2.24) is 15.1 Å². The Bertz CT molecular complexity index is 1020. The van der Waals surface area contributed by atoms with Crippen molar-refractivity contribution in [1.29, 1.82) is 0 Å². The Hall–Kier alpha value is -2.91. The van der Waals surface area contributed by atoms with E-state index in [1.165, 1.54) is 19.2 Å². The molecule has 1 aliphatic rings. The Balaban J connectivity index is 1.74. The van der Waals surface area contributed by atoms with Crippen LogP contribution in [0.2, 0.25) is 0 Å². The molecule has 1 aliphatic heterocycles. The van der Waals surface area contributed by atoms with Crippen molar-refractivity contribution in [2.24, 2.45) is 5.73 Å². The molecular formula is C26H33F3N4O2. The third kappa shape index (κ3) is 6.82. The van der Waals surface area contributed by atoms with Crippen LogP contribution in [0, 0.1) is 17.5 Å². The number of benzene rings is 2. The van der Waals surface area contributed by atoms with Crippen LogP contribution in [0.15, 0.2) is 42.5 Å². The van der Waals surface area contributed by atoms with E-state index >= 15 is 0 Å². The number of amides is 2. The second kappa shape index (κ2) is 12.2. The van der Waals surface area contributed by atoms with Crippen LogP contribution in [0.5, 0.6) is 0 Å². The molecule has 1 heterocycles.